The SMILES string of the molecule is Cc1nnc(SC2(C(=O)O)CCCC2)s1. The second-order valence-corrected chi connectivity index (χ2v) is 6.51. The van der Waals surface area contributed by atoms with Crippen molar-refractivity contribution in [2.24, 2.45) is 0 Å². The molecule has 1 fully saturated rings. The zero-order chi connectivity index (χ0) is 10.9. The first-order valence-corrected chi connectivity index (χ1v) is 6.48. The van der Waals surface area contributed by atoms with Crippen LogP contribution in [0.2, 0.25) is 0 Å². The molecule has 1 N–H and O–H groups in total. The summed E-state index contributed by atoms with van der Waals surface area (Å²) in [5.41, 5.74) is 0. The Morgan fingerprint density at radius 2 is 2.13 bits per heavy atom. The Bertz CT molecular complexity index is 372. The highest BCUT2D eigenvalue weighted by Crippen LogP contribution is 2.46. The van der Waals surface area contributed by atoms with Gasteiger partial charge in [0.15, 0.2) is 4.34 Å². The van der Waals surface area contributed by atoms with E-state index in [-0.39, 0.29) is 0 Å². The molecule has 0 spiro atoms. The average molecular weight is 244 g/mol. The normalized spacial score (nSPS) is 19.3. The van der Waals surface area contributed by atoms with Crippen molar-refractivity contribution in [3.8, 4) is 0 Å². The van der Waals surface area contributed by atoms with Crippen molar-refractivity contribution in [1.29, 1.82) is 0 Å². The number of hydrogen-bond acceptors (Lipinski definition) is 5. The highest BCUT2D eigenvalue weighted by Gasteiger charge is 2.43. The van der Waals surface area contributed by atoms with Crippen molar-refractivity contribution in [2.45, 2.75) is 41.7 Å². The first-order chi connectivity index (χ1) is 7.12. The summed E-state index contributed by atoms with van der Waals surface area (Å²) in [5, 5.41) is 18.0. The van der Waals surface area contributed by atoms with Gasteiger partial charge in [-0.1, -0.05) is 35.9 Å². The quantitative estimate of drug-likeness (QED) is 0.884. The smallest absolute Gasteiger partial charge is 0.320 e. The van der Waals surface area contributed by atoms with Crippen molar-refractivity contribution in [1.82, 2.24) is 10.2 Å². The summed E-state index contributed by atoms with van der Waals surface area (Å²) in [4.78, 5) is 11.3. The van der Waals surface area contributed by atoms with E-state index in [1.54, 1.807) is 0 Å². The lowest BCUT2D eigenvalue weighted by atomic mass is 10.1. The van der Waals surface area contributed by atoms with Gasteiger partial charge in [-0.15, -0.1) is 10.2 Å². The fraction of sp³-hybridized carbons (Fsp3) is 0.667. The summed E-state index contributed by atoms with van der Waals surface area (Å²) in [6, 6.07) is 0. The first kappa shape index (κ1) is 10.9. The Kier molecular flexibility index (Phi) is 2.97. The molecule has 0 aliphatic heterocycles. The molecule has 0 atom stereocenters. The predicted octanol–water partition coefficient (Wildman–Crippen LogP) is 2.34. The molecular weight excluding hydrogens is 232 g/mol. The van der Waals surface area contributed by atoms with E-state index in [4.69, 9.17) is 0 Å². The molecule has 0 unspecified atom stereocenters. The van der Waals surface area contributed by atoms with Gasteiger partial charge in [-0.3, -0.25) is 4.79 Å². The van der Waals surface area contributed by atoms with Gasteiger partial charge in [-0.05, 0) is 19.8 Å². The van der Waals surface area contributed by atoms with E-state index in [0.717, 1.165) is 35.0 Å². The summed E-state index contributed by atoms with van der Waals surface area (Å²) < 4.78 is 0.128. The third-order valence-electron chi connectivity index (χ3n) is 2.59. The lowest BCUT2D eigenvalue weighted by Crippen LogP contribution is -2.31. The van der Waals surface area contributed by atoms with Crippen LogP contribution in [0, 0.1) is 6.92 Å². The van der Waals surface area contributed by atoms with E-state index < -0.39 is 10.7 Å². The van der Waals surface area contributed by atoms with Crippen LogP contribution in [0.25, 0.3) is 0 Å². The van der Waals surface area contributed by atoms with Gasteiger partial charge in [0, 0.05) is 0 Å². The van der Waals surface area contributed by atoms with Crippen LogP contribution in [-0.4, -0.2) is 26.0 Å². The molecule has 0 saturated heterocycles. The number of nitrogens with zero attached hydrogens (tertiary/aromatic N) is 2. The third kappa shape index (κ3) is 2.15. The van der Waals surface area contributed by atoms with Gasteiger partial charge >= 0.3 is 5.97 Å². The topological polar surface area (TPSA) is 63.1 Å². The monoisotopic (exact) mass is 244 g/mol. The van der Waals surface area contributed by atoms with E-state index in [1.165, 1.54) is 23.1 Å². The summed E-state index contributed by atoms with van der Waals surface area (Å²) in [6.45, 7) is 1.88. The molecule has 0 radical (unpaired) electrons. The fourth-order valence-corrected chi connectivity index (χ4v) is 4.21. The van der Waals surface area contributed by atoms with Crippen LogP contribution in [0.1, 0.15) is 30.7 Å². The Hall–Kier alpha value is -0.620. The van der Waals surface area contributed by atoms with Gasteiger partial charge in [0.1, 0.15) is 9.75 Å². The van der Waals surface area contributed by atoms with Crippen molar-refractivity contribution in [3.05, 3.63) is 5.01 Å². The Morgan fingerprint density at radius 3 is 2.60 bits per heavy atom. The molecule has 6 heteroatoms. The highest BCUT2D eigenvalue weighted by atomic mass is 32.2. The van der Waals surface area contributed by atoms with Crippen molar-refractivity contribution >= 4 is 29.1 Å². The van der Waals surface area contributed by atoms with Gasteiger partial charge in [-0.25, -0.2) is 0 Å². The summed E-state index contributed by atoms with van der Waals surface area (Å²) in [5.74, 6) is -0.710. The lowest BCUT2D eigenvalue weighted by Gasteiger charge is -2.20. The number of aliphatic carboxylic acids is 1. The Balaban J connectivity index is 2.17. The molecule has 4 nitrogen and oxygen atoms in total. The number of carboxylic acids is 1. The minimum Gasteiger partial charge on any atom is -0.480 e. The number of carbonyl (C=O) groups is 1. The van der Waals surface area contributed by atoms with Crippen LogP contribution < -0.4 is 0 Å². The Labute approximate surface area is 96.1 Å². The molecule has 1 aliphatic rings. The average Bonchev–Trinajstić information content (AvgIpc) is 2.77. The fourth-order valence-electron chi connectivity index (χ4n) is 1.79. The van der Waals surface area contributed by atoms with Crippen LogP contribution in [-0.2, 0) is 4.79 Å². The summed E-state index contributed by atoms with van der Waals surface area (Å²) in [7, 11) is 0. The van der Waals surface area contributed by atoms with Crippen LogP contribution >= 0.6 is 23.1 Å². The maximum Gasteiger partial charge on any atom is 0.320 e. The lowest BCUT2D eigenvalue weighted by molar-refractivity contribution is -0.139. The number of rotatable bonds is 3. The number of carboxylic acid groups (broad SMARTS) is 1. The summed E-state index contributed by atoms with van der Waals surface area (Å²) >= 11 is 2.84. The molecule has 1 heterocycles. The molecule has 1 aromatic heterocycles. The molecular formula is C9H12N2O2S2. The maximum atomic E-state index is 11.3. The number of hydrogen-bond donors (Lipinski definition) is 1. The molecule has 15 heavy (non-hydrogen) atoms. The van der Waals surface area contributed by atoms with Gasteiger partial charge in [0.25, 0.3) is 0 Å². The molecule has 1 aromatic rings. The third-order valence-corrected chi connectivity index (χ3v) is 4.95. The first-order valence-electron chi connectivity index (χ1n) is 4.85. The second kappa shape index (κ2) is 4.09. The van der Waals surface area contributed by atoms with Crippen LogP contribution in [0.3, 0.4) is 0 Å². The maximum absolute atomic E-state index is 11.3. The van der Waals surface area contributed by atoms with E-state index in [1.807, 2.05) is 6.92 Å². The molecule has 0 bridgehead atoms. The summed E-state index contributed by atoms with van der Waals surface area (Å²) in [6.07, 6.45) is 3.48. The standard InChI is InChI=1S/C9H12N2O2S2/c1-6-10-11-8(14-6)15-9(7(12)13)4-2-3-5-9/h2-5H2,1H3,(H,12,13). The number of thioether (sulfide) groups is 1. The molecule has 1 aliphatic carbocycles. The minimum atomic E-state index is -0.710. The largest absolute Gasteiger partial charge is 0.480 e. The van der Waals surface area contributed by atoms with Crippen LogP contribution in [0.4, 0.5) is 0 Å². The van der Waals surface area contributed by atoms with E-state index in [9.17, 15) is 9.90 Å². The zero-order valence-electron chi connectivity index (χ0n) is 8.39. The van der Waals surface area contributed by atoms with Crippen LogP contribution in [0.5, 0.6) is 0 Å². The van der Waals surface area contributed by atoms with Gasteiger partial charge < -0.3 is 5.11 Å². The number of aromatic nitrogens is 2. The highest BCUT2D eigenvalue weighted by molar-refractivity contribution is 8.03. The van der Waals surface area contributed by atoms with Gasteiger partial charge in [0.05, 0.1) is 0 Å². The van der Waals surface area contributed by atoms with Gasteiger partial charge in [-0.2, -0.15) is 0 Å². The molecule has 82 valence electrons. The van der Waals surface area contributed by atoms with E-state index in [2.05, 4.69) is 10.2 Å². The van der Waals surface area contributed by atoms with Crippen molar-refractivity contribution in [3.63, 3.8) is 0 Å². The molecule has 0 amide bonds. The van der Waals surface area contributed by atoms with Gasteiger partial charge in [0.2, 0.25) is 0 Å². The molecule has 2 rings (SSSR count). The second-order valence-electron chi connectivity index (χ2n) is 3.70. The molecule has 1 saturated carbocycles. The number of aryl methyl sites for hydroxylation is 1. The van der Waals surface area contributed by atoms with Crippen molar-refractivity contribution in [2.75, 3.05) is 0 Å². The van der Waals surface area contributed by atoms with E-state index in [0.29, 0.717) is 0 Å². The minimum absolute atomic E-state index is 0.647. The predicted molar refractivity (Wildman–Crippen MR) is 59.3 cm³/mol. The van der Waals surface area contributed by atoms with Crippen LogP contribution in [0.15, 0.2) is 4.34 Å². The molecule has 0 aromatic carbocycles. The Morgan fingerprint density at radius 1 is 1.47 bits per heavy atom. The van der Waals surface area contributed by atoms with Crippen molar-refractivity contribution < 1.29 is 9.90 Å². The van der Waals surface area contributed by atoms with E-state index >= 15 is 0 Å². The zero-order valence-corrected chi connectivity index (χ0v) is 10.0.